The Labute approximate surface area is 106 Å². The Morgan fingerprint density at radius 2 is 2.18 bits per heavy atom. The van der Waals surface area contributed by atoms with Gasteiger partial charge in [0.2, 0.25) is 0 Å². The van der Waals surface area contributed by atoms with Crippen molar-refractivity contribution < 1.29 is 0 Å². The standard InChI is InChI=1S/C14H14N2S/c1-10-6-7-17-14(10)11(2)16-13-5-3-4-12(8-13)9-15/h3-8,11,16H,1-2H3. The summed E-state index contributed by atoms with van der Waals surface area (Å²) in [7, 11) is 0. The third kappa shape index (κ3) is 2.66. The Kier molecular flexibility index (Phi) is 3.46. The number of anilines is 1. The maximum absolute atomic E-state index is 8.85. The molecule has 2 nitrogen and oxygen atoms in total. The Hall–Kier alpha value is -1.79. The third-order valence-electron chi connectivity index (χ3n) is 2.67. The molecule has 1 N–H and O–H groups in total. The molecule has 1 heterocycles. The van der Waals surface area contributed by atoms with E-state index in [1.807, 2.05) is 24.3 Å². The zero-order valence-corrected chi connectivity index (χ0v) is 10.7. The zero-order chi connectivity index (χ0) is 12.3. The van der Waals surface area contributed by atoms with E-state index in [0.29, 0.717) is 5.56 Å². The van der Waals surface area contributed by atoms with Crippen molar-refractivity contribution in [1.82, 2.24) is 0 Å². The number of hydrogen-bond donors (Lipinski definition) is 1. The molecule has 1 atom stereocenters. The van der Waals surface area contributed by atoms with Gasteiger partial charge < -0.3 is 5.32 Å². The van der Waals surface area contributed by atoms with Crippen LogP contribution in [0.15, 0.2) is 35.7 Å². The van der Waals surface area contributed by atoms with Crippen molar-refractivity contribution >= 4 is 17.0 Å². The van der Waals surface area contributed by atoms with Crippen LogP contribution >= 0.6 is 11.3 Å². The van der Waals surface area contributed by atoms with Crippen LogP contribution in [0.4, 0.5) is 5.69 Å². The van der Waals surface area contributed by atoms with Gasteiger partial charge in [0.15, 0.2) is 0 Å². The number of nitriles is 1. The summed E-state index contributed by atoms with van der Waals surface area (Å²) in [6.45, 7) is 4.26. The van der Waals surface area contributed by atoms with Gasteiger partial charge in [-0.2, -0.15) is 5.26 Å². The molecular weight excluding hydrogens is 228 g/mol. The van der Waals surface area contributed by atoms with Crippen LogP contribution in [0.5, 0.6) is 0 Å². The number of aryl methyl sites for hydroxylation is 1. The topological polar surface area (TPSA) is 35.8 Å². The lowest BCUT2D eigenvalue weighted by molar-refractivity contribution is 0.899. The van der Waals surface area contributed by atoms with Crippen molar-refractivity contribution in [2.45, 2.75) is 19.9 Å². The lowest BCUT2D eigenvalue weighted by Crippen LogP contribution is -2.05. The fraction of sp³-hybridized carbons (Fsp3) is 0.214. The molecule has 1 aromatic heterocycles. The largest absolute Gasteiger partial charge is 0.378 e. The van der Waals surface area contributed by atoms with E-state index in [-0.39, 0.29) is 6.04 Å². The monoisotopic (exact) mass is 242 g/mol. The van der Waals surface area contributed by atoms with Gasteiger partial charge in [0.05, 0.1) is 17.7 Å². The molecule has 0 aliphatic heterocycles. The van der Waals surface area contributed by atoms with Gasteiger partial charge in [-0.1, -0.05) is 6.07 Å². The molecule has 0 spiro atoms. The summed E-state index contributed by atoms with van der Waals surface area (Å²) >= 11 is 1.76. The molecule has 2 rings (SSSR count). The fourth-order valence-electron chi connectivity index (χ4n) is 1.82. The zero-order valence-electron chi connectivity index (χ0n) is 9.90. The molecule has 0 aliphatic carbocycles. The second kappa shape index (κ2) is 5.03. The number of thiophene rings is 1. The highest BCUT2D eigenvalue weighted by Crippen LogP contribution is 2.26. The molecule has 0 saturated carbocycles. The highest BCUT2D eigenvalue weighted by Gasteiger charge is 2.09. The summed E-state index contributed by atoms with van der Waals surface area (Å²) in [5.74, 6) is 0. The van der Waals surface area contributed by atoms with E-state index < -0.39 is 0 Å². The fourth-order valence-corrected chi connectivity index (χ4v) is 2.76. The average molecular weight is 242 g/mol. The molecule has 0 fully saturated rings. The Balaban J connectivity index is 2.16. The van der Waals surface area contributed by atoms with Gasteiger partial charge in [0.25, 0.3) is 0 Å². The van der Waals surface area contributed by atoms with Crippen LogP contribution in [0.25, 0.3) is 0 Å². The first-order chi connectivity index (χ1) is 8.20. The van der Waals surface area contributed by atoms with E-state index in [4.69, 9.17) is 5.26 Å². The van der Waals surface area contributed by atoms with Crippen LogP contribution in [0.3, 0.4) is 0 Å². The van der Waals surface area contributed by atoms with E-state index in [1.54, 1.807) is 11.3 Å². The van der Waals surface area contributed by atoms with Crippen molar-refractivity contribution in [1.29, 1.82) is 5.26 Å². The first kappa shape index (κ1) is 11.7. The molecular formula is C14H14N2S. The van der Waals surface area contributed by atoms with Crippen molar-refractivity contribution in [3.63, 3.8) is 0 Å². The Bertz CT molecular complexity index is 551. The number of benzene rings is 1. The summed E-state index contributed by atoms with van der Waals surface area (Å²) in [4.78, 5) is 1.34. The minimum Gasteiger partial charge on any atom is -0.378 e. The van der Waals surface area contributed by atoms with Gasteiger partial charge in [0, 0.05) is 10.6 Å². The van der Waals surface area contributed by atoms with E-state index in [2.05, 4.69) is 36.7 Å². The summed E-state index contributed by atoms with van der Waals surface area (Å²) in [6.07, 6.45) is 0. The predicted octanol–water partition coefficient (Wildman–Crippen LogP) is 4.10. The van der Waals surface area contributed by atoms with E-state index in [9.17, 15) is 0 Å². The molecule has 1 aromatic carbocycles. The first-order valence-electron chi connectivity index (χ1n) is 5.51. The normalized spacial score (nSPS) is 11.8. The number of hydrogen-bond acceptors (Lipinski definition) is 3. The van der Waals surface area contributed by atoms with Crippen LogP contribution in [-0.2, 0) is 0 Å². The first-order valence-corrected chi connectivity index (χ1v) is 6.39. The Morgan fingerprint density at radius 1 is 1.35 bits per heavy atom. The van der Waals surface area contributed by atoms with Crippen LogP contribution in [0.2, 0.25) is 0 Å². The molecule has 2 aromatic rings. The third-order valence-corrected chi connectivity index (χ3v) is 3.87. The van der Waals surface area contributed by atoms with Crippen molar-refractivity contribution in [3.8, 4) is 6.07 Å². The molecule has 1 unspecified atom stereocenters. The van der Waals surface area contributed by atoms with Crippen LogP contribution in [-0.4, -0.2) is 0 Å². The predicted molar refractivity (Wildman–Crippen MR) is 72.3 cm³/mol. The maximum Gasteiger partial charge on any atom is 0.0992 e. The molecule has 86 valence electrons. The molecule has 17 heavy (non-hydrogen) atoms. The quantitative estimate of drug-likeness (QED) is 0.879. The smallest absolute Gasteiger partial charge is 0.0992 e. The summed E-state index contributed by atoms with van der Waals surface area (Å²) in [5, 5.41) is 14.4. The van der Waals surface area contributed by atoms with Crippen molar-refractivity contribution in [2.24, 2.45) is 0 Å². The van der Waals surface area contributed by atoms with Crippen molar-refractivity contribution in [3.05, 3.63) is 51.7 Å². The van der Waals surface area contributed by atoms with E-state index >= 15 is 0 Å². The molecule has 3 heteroatoms. The molecule has 0 bridgehead atoms. The number of nitrogens with zero attached hydrogens (tertiary/aromatic N) is 1. The van der Waals surface area contributed by atoms with E-state index in [0.717, 1.165) is 5.69 Å². The highest BCUT2D eigenvalue weighted by molar-refractivity contribution is 7.10. The molecule has 0 radical (unpaired) electrons. The maximum atomic E-state index is 8.85. The lowest BCUT2D eigenvalue weighted by Gasteiger charge is -2.15. The summed E-state index contributed by atoms with van der Waals surface area (Å²) < 4.78 is 0. The van der Waals surface area contributed by atoms with Gasteiger partial charge in [-0.15, -0.1) is 11.3 Å². The van der Waals surface area contributed by atoms with Gasteiger partial charge in [-0.3, -0.25) is 0 Å². The van der Waals surface area contributed by atoms with Gasteiger partial charge >= 0.3 is 0 Å². The van der Waals surface area contributed by atoms with Crippen LogP contribution in [0.1, 0.15) is 29.0 Å². The molecule has 0 saturated heterocycles. The average Bonchev–Trinajstić information content (AvgIpc) is 2.76. The second-order valence-corrected chi connectivity index (χ2v) is 4.97. The number of rotatable bonds is 3. The lowest BCUT2D eigenvalue weighted by atomic mass is 10.1. The van der Waals surface area contributed by atoms with Gasteiger partial charge in [-0.25, -0.2) is 0 Å². The van der Waals surface area contributed by atoms with E-state index in [1.165, 1.54) is 10.4 Å². The highest BCUT2D eigenvalue weighted by atomic mass is 32.1. The second-order valence-electron chi connectivity index (χ2n) is 4.03. The summed E-state index contributed by atoms with van der Waals surface area (Å²) in [5.41, 5.74) is 2.99. The van der Waals surface area contributed by atoms with Gasteiger partial charge in [-0.05, 0) is 49.1 Å². The minimum atomic E-state index is 0.268. The van der Waals surface area contributed by atoms with Crippen LogP contribution in [0, 0.1) is 18.3 Å². The van der Waals surface area contributed by atoms with Gasteiger partial charge in [0.1, 0.15) is 0 Å². The van der Waals surface area contributed by atoms with Crippen LogP contribution < -0.4 is 5.32 Å². The SMILES string of the molecule is Cc1ccsc1C(C)Nc1cccc(C#N)c1. The minimum absolute atomic E-state index is 0.268. The molecule has 0 aliphatic rings. The Morgan fingerprint density at radius 3 is 2.82 bits per heavy atom. The van der Waals surface area contributed by atoms with Crippen molar-refractivity contribution in [2.75, 3.05) is 5.32 Å². The number of nitrogens with one attached hydrogen (secondary N) is 1. The molecule has 0 amide bonds. The summed E-state index contributed by atoms with van der Waals surface area (Å²) in [6, 6.07) is 12.1.